The number of amides is 8. The van der Waals surface area contributed by atoms with Crippen LogP contribution in [0.4, 0.5) is 21.0 Å². The molecule has 4 rings (SSSR count). The quantitative estimate of drug-likeness (QED) is 0.170. The van der Waals surface area contributed by atoms with Gasteiger partial charge in [0.2, 0.25) is 22.1 Å². The number of rotatable bonds is 13. The summed E-state index contributed by atoms with van der Waals surface area (Å²) in [6, 6.07) is 1.85. The summed E-state index contributed by atoms with van der Waals surface area (Å²) >= 11 is -2.74. The largest absolute Gasteiger partial charge is 0.333 e. The summed E-state index contributed by atoms with van der Waals surface area (Å²) in [5.41, 5.74) is -0.232. The minimum Gasteiger partial charge on any atom is -0.302 e. The van der Waals surface area contributed by atoms with Gasteiger partial charge in [-0.1, -0.05) is 38.8 Å². The molecule has 2 unspecified atom stereocenters. The van der Waals surface area contributed by atoms with Gasteiger partial charge in [0, 0.05) is 45.4 Å². The predicted molar refractivity (Wildman–Crippen MR) is 188 cm³/mol. The number of carbonyl (C=O) groups is 6. The molecule has 0 spiro atoms. The van der Waals surface area contributed by atoms with Crippen molar-refractivity contribution in [2.75, 3.05) is 28.2 Å². The van der Waals surface area contributed by atoms with Crippen molar-refractivity contribution >= 4 is 68.2 Å². The van der Waals surface area contributed by atoms with Crippen molar-refractivity contribution in [3.63, 3.8) is 0 Å². The second-order valence-electron chi connectivity index (χ2n) is 12.8. The van der Waals surface area contributed by atoms with E-state index in [-0.39, 0.29) is 32.3 Å². The molecule has 2 aromatic rings. The van der Waals surface area contributed by atoms with Crippen LogP contribution in [0.15, 0.2) is 66.6 Å². The highest BCUT2D eigenvalue weighted by Crippen LogP contribution is 2.37. The molecular weight excluding hydrogens is 735 g/mol. The Morgan fingerprint density at radius 2 is 1.15 bits per heavy atom. The number of sulfonamides is 1. The number of nitrogens with one attached hydrogen (secondary N) is 1. The van der Waals surface area contributed by atoms with Crippen molar-refractivity contribution in [1.82, 2.24) is 24.3 Å². The van der Waals surface area contributed by atoms with E-state index in [4.69, 9.17) is 0 Å². The summed E-state index contributed by atoms with van der Waals surface area (Å²) in [6.45, 7) is 5.79. The highest BCUT2D eigenvalue weighted by atomic mass is 32.2. The Bertz CT molecular complexity index is 2010. The smallest absolute Gasteiger partial charge is 0.302 e. The van der Waals surface area contributed by atoms with Gasteiger partial charge in [0.05, 0.1) is 21.2 Å². The molecule has 2 aliphatic rings. The number of urea groups is 2. The molecule has 0 aromatic heterocycles. The first-order valence-corrected chi connectivity index (χ1v) is 18.8. The van der Waals surface area contributed by atoms with Gasteiger partial charge in [0.1, 0.15) is 0 Å². The summed E-state index contributed by atoms with van der Waals surface area (Å²) in [6.07, 6.45) is 2.11. The monoisotopic (exact) mass is 773 g/mol. The third-order valence-corrected chi connectivity index (χ3v) is 10.8. The highest BCUT2D eigenvalue weighted by molar-refractivity contribution is 7.89. The van der Waals surface area contributed by atoms with E-state index in [9.17, 15) is 45.9 Å². The summed E-state index contributed by atoms with van der Waals surface area (Å²) < 4.78 is 53.5. The number of carbonyl (C=O) groups excluding carboxylic acids is 6. The summed E-state index contributed by atoms with van der Waals surface area (Å²) in [5, 5.41) is 15.5. The molecule has 2 heterocycles. The molecular formula is C32H39N9O10S2. The summed E-state index contributed by atoms with van der Waals surface area (Å²) in [4.78, 5) is 76.7. The van der Waals surface area contributed by atoms with Gasteiger partial charge in [-0.15, -0.1) is 0 Å². The zero-order chi connectivity index (χ0) is 39.5. The van der Waals surface area contributed by atoms with Crippen molar-refractivity contribution in [2.24, 2.45) is 26.4 Å². The number of hydrogen-bond acceptors (Lipinski definition) is 13. The molecule has 0 bridgehead atoms. The molecule has 2 atom stereocenters. The fraction of sp³-hybridized carbons (Fsp3) is 0.438. The van der Waals surface area contributed by atoms with Crippen LogP contribution in [0, 0.1) is 5.92 Å². The van der Waals surface area contributed by atoms with Gasteiger partial charge in [-0.3, -0.25) is 38.8 Å². The number of likely N-dealkylation sites (N-methyl/N-ethyl adjacent to an activating group) is 4. The first kappa shape index (κ1) is 40.6. The fourth-order valence-electron chi connectivity index (χ4n) is 5.40. The van der Waals surface area contributed by atoms with Gasteiger partial charge in [0.15, 0.2) is 11.1 Å². The van der Waals surface area contributed by atoms with Crippen LogP contribution < -0.4 is 4.72 Å². The predicted octanol–water partition coefficient (Wildman–Crippen LogP) is 3.43. The van der Waals surface area contributed by atoms with Gasteiger partial charge in [0.25, 0.3) is 23.6 Å². The third kappa shape index (κ3) is 8.75. The Kier molecular flexibility index (Phi) is 12.5. The van der Waals surface area contributed by atoms with Gasteiger partial charge >= 0.3 is 12.1 Å². The van der Waals surface area contributed by atoms with E-state index in [1.807, 2.05) is 13.8 Å². The van der Waals surface area contributed by atoms with E-state index >= 15 is 0 Å². The standard InChI is InChI=1S/C32H39N9O10S2/c1-17(2)9-8-10-18(3)37-53(50,51)24-16-20(34-36-26-29(44)40(6)32(47)41(7)30(26)45)12-14-22(24)21-13-11-19(15-23(21)52(48)49)33-35-25-27(42)38(4)31(46)39(5)28(25)43/h11-18,25-26,37H,8-10H2,1-7H3,(H,48,49). The van der Waals surface area contributed by atoms with Crippen LogP contribution in [0.25, 0.3) is 11.1 Å². The van der Waals surface area contributed by atoms with Crippen LogP contribution in [-0.2, 0) is 40.3 Å². The van der Waals surface area contributed by atoms with Gasteiger partial charge in [-0.2, -0.15) is 20.5 Å². The maximum absolute atomic E-state index is 14.0. The molecule has 2 saturated heterocycles. The molecule has 53 heavy (non-hydrogen) atoms. The van der Waals surface area contributed by atoms with E-state index in [1.54, 1.807) is 6.92 Å². The zero-order valence-electron chi connectivity index (χ0n) is 29.9. The third-order valence-electron chi connectivity index (χ3n) is 8.46. The molecule has 2 fully saturated rings. The molecule has 2 aliphatic heterocycles. The van der Waals surface area contributed by atoms with E-state index in [2.05, 4.69) is 25.2 Å². The van der Waals surface area contributed by atoms with Gasteiger partial charge < -0.3 is 4.55 Å². The van der Waals surface area contributed by atoms with Crippen molar-refractivity contribution < 1.29 is 45.9 Å². The molecule has 0 saturated carbocycles. The van der Waals surface area contributed by atoms with Crippen LogP contribution in [0.2, 0.25) is 0 Å². The molecule has 2 N–H and O–H groups in total. The normalized spacial score (nSPS) is 18.1. The van der Waals surface area contributed by atoms with E-state index in [1.165, 1.54) is 52.5 Å². The lowest BCUT2D eigenvalue weighted by Crippen LogP contribution is -2.58. The molecule has 0 aliphatic carbocycles. The van der Waals surface area contributed by atoms with E-state index in [0.717, 1.165) is 25.0 Å². The number of nitrogens with zero attached hydrogens (tertiary/aromatic N) is 8. The number of benzene rings is 2. The minimum absolute atomic E-state index is 0.0182. The lowest BCUT2D eigenvalue weighted by atomic mass is 10.0. The Balaban J connectivity index is 1.77. The maximum atomic E-state index is 14.0. The van der Waals surface area contributed by atoms with Gasteiger partial charge in [-0.05, 0) is 43.5 Å². The minimum atomic E-state index is -4.39. The topological polar surface area (TPSA) is 248 Å². The van der Waals surface area contributed by atoms with E-state index < -0.39 is 74.9 Å². The average molecular weight is 774 g/mol. The number of barbiturate groups is 2. The molecule has 21 heteroatoms. The Hall–Kier alpha value is -5.12. The van der Waals surface area contributed by atoms with Crippen LogP contribution in [0.3, 0.4) is 0 Å². The fourth-order valence-corrected chi connectivity index (χ4v) is 7.50. The van der Waals surface area contributed by atoms with E-state index in [0.29, 0.717) is 31.9 Å². The summed E-state index contributed by atoms with van der Waals surface area (Å²) in [5.74, 6) is -3.30. The Morgan fingerprint density at radius 3 is 1.58 bits per heavy atom. The summed E-state index contributed by atoms with van der Waals surface area (Å²) in [7, 11) is 0.306. The average Bonchev–Trinajstić information content (AvgIpc) is 3.11. The number of hydrogen-bond donors (Lipinski definition) is 2. The maximum Gasteiger partial charge on any atom is 0.333 e. The second-order valence-corrected chi connectivity index (χ2v) is 15.5. The van der Waals surface area contributed by atoms with Crippen LogP contribution >= 0.6 is 0 Å². The van der Waals surface area contributed by atoms with Crippen LogP contribution in [0.5, 0.6) is 0 Å². The molecule has 2 aromatic carbocycles. The SMILES string of the molecule is CC(C)CCCC(C)NS(=O)(=O)c1cc(N=NC2C(=O)N(C)C(=O)N(C)C2=O)ccc1-c1ccc(N=NC2C(=O)N(C)C(=O)N(C)C2=O)cc1S(=O)O. The first-order chi connectivity index (χ1) is 24.8. The Labute approximate surface area is 307 Å². The molecule has 284 valence electrons. The number of azo groups is 2. The lowest BCUT2D eigenvalue weighted by molar-refractivity contribution is -0.144. The first-order valence-electron chi connectivity index (χ1n) is 16.2. The van der Waals surface area contributed by atoms with Crippen LogP contribution in [0.1, 0.15) is 40.0 Å². The van der Waals surface area contributed by atoms with Crippen molar-refractivity contribution in [2.45, 2.75) is 68.0 Å². The number of imide groups is 4. The molecule has 8 amide bonds. The zero-order valence-corrected chi connectivity index (χ0v) is 31.5. The second kappa shape index (κ2) is 16.3. The molecule has 19 nitrogen and oxygen atoms in total. The molecule has 0 radical (unpaired) electrons. The highest BCUT2D eigenvalue weighted by Gasteiger charge is 2.44. The van der Waals surface area contributed by atoms with Crippen molar-refractivity contribution in [3.8, 4) is 11.1 Å². The van der Waals surface area contributed by atoms with Crippen molar-refractivity contribution in [1.29, 1.82) is 0 Å². The lowest BCUT2D eigenvalue weighted by Gasteiger charge is -2.30. The van der Waals surface area contributed by atoms with Crippen LogP contribution in [-0.4, -0.2) is 119 Å². The Morgan fingerprint density at radius 1 is 0.717 bits per heavy atom. The van der Waals surface area contributed by atoms with Crippen molar-refractivity contribution in [3.05, 3.63) is 36.4 Å². The van der Waals surface area contributed by atoms with Gasteiger partial charge in [-0.25, -0.2) is 26.9 Å².